The van der Waals surface area contributed by atoms with Crippen LogP contribution in [0.4, 0.5) is 0 Å². The first kappa shape index (κ1) is 29.1. The zero-order valence-electron chi connectivity index (χ0n) is 21.9. The van der Waals surface area contributed by atoms with Crippen LogP contribution in [0.15, 0.2) is 48.6 Å². The van der Waals surface area contributed by atoms with E-state index in [0.717, 1.165) is 70.0 Å². The Balaban J connectivity index is 2.08. The molecular weight excluding hydrogens is 454 g/mol. The van der Waals surface area contributed by atoms with Crippen LogP contribution in [-0.4, -0.2) is 52.9 Å². The Bertz CT molecular complexity index is 873. The number of hydrogen-bond acceptors (Lipinski definition) is 4. The van der Waals surface area contributed by atoms with Crippen molar-refractivity contribution in [2.45, 2.75) is 90.1 Å². The van der Waals surface area contributed by atoms with Gasteiger partial charge in [-0.3, -0.25) is 14.4 Å². The van der Waals surface area contributed by atoms with Crippen molar-refractivity contribution in [2.75, 3.05) is 13.1 Å². The lowest BCUT2D eigenvalue weighted by atomic mass is 10.0. The molecule has 1 aliphatic heterocycles. The quantitative estimate of drug-likeness (QED) is 0.247. The molecule has 0 unspecified atom stereocenters. The van der Waals surface area contributed by atoms with Crippen molar-refractivity contribution >= 4 is 17.7 Å². The maximum atomic E-state index is 13.3. The van der Waals surface area contributed by atoms with Crippen LogP contribution in [0.5, 0.6) is 5.75 Å². The van der Waals surface area contributed by atoms with Crippen molar-refractivity contribution in [3.05, 3.63) is 54.1 Å². The predicted molar refractivity (Wildman–Crippen MR) is 143 cm³/mol. The molecule has 1 aromatic carbocycles. The molecule has 2 rings (SSSR count). The largest absolute Gasteiger partial charge is 0.508 e. The van der Waals surface area contributed by atoms with Crippen LogP contribution in [-0.2, 0) is 20.8 Å². The molecule has 2 atom stereocenters. The minimum absolute atomic E-state index is 0.0228. The van der Waals surface area contributed by atoms with E-state index in [2.05, 4.69) is 24.5 Å². The third-order valence-corrected chi connectivity index (χ3v) is 6.34. The molecule has 0 aliphatic carbocycles. The molecule has 0 aromatic heterocycles. The molecule has 7 nitrogen and oxygen atoms in total. The zero-order valence-corrected chi connectivity index (χ0v) is 21.9. The molecule has 198 valence electrons. The van der Waals surface area contributed by atoms with Crippen molar-refractivity contribution in [3.8, 4) is 5.75 Å². The average molecular weight is 498 g/mol. The van der Waals surface area contributed by atoms with Crippen molar-refractivity contribution in [1.82, 2.24) is 15.5 Å². The Hall–Kier alpha value is -3.09. The lowest BCUT2D eigenvalue weighted by Crippen LogP contribution is -2.50. The number of nitrogens with zero attached hydrogens (tertiary/aromatic N) is 1. The van der Waals surface area contributed by atoms with Gasteiger partial charge in [-0.1, -0.05) is 63.8 Å². The fourth-order valence-electron chi connectivity index (χ4n) is 4.16. The van der Waals surface area contributed by atoms with Crippen LogP contribution in [0.1, 0.15) is 77.2 Å². The number of phenolic OH excluding ortho intramolecular Hbond substituents is 1. The molecule has 1 aliphatic rings. The van der Waals surface area contributed by atoms with E-state index in [9.17, 15) is 19.5 Å². The number of carbonyl (C=O) groups excluding carboxylic acids is 3. The van der Waals surface area contributed by atoms with Gasteiger partial charge in [-0.2, -0.15) is 0 Å². The van der Waals surface area contributed by atoms with Gasteiger partial charge in [0.15, 0.2) is 0 Å². The van der Waals surface area contributed by atoms with Crippen LogP contribution >= 0.6 is 0 Å². The van der Waals surface area contributed by atoms with Gasteiger partial charge < -0.3 is 20.6 Å². The molecular formula is C29H43N3O4. The van der Waals surface area contributed by atoms with E-state index in [1.807, 2.05) is 11.0 Å². The number of unbranched alkanes of at least 4 members (excludes halogenated alkanes) is 4. The van der Waals surface area contributed by atoms with E-state index in [0.29, 0.717) is 12.8 Å². The van der Waals surface area contributed by atoms with Gasteiger partial charge in [-0.15, -0.1) is 0 Å². The van der Waals surface area contributed by atoms with Gasteiger partial charge in [0.05, 0.1) is 0 Å². The summed E-state index contributed by atoms with van der Waals surface area (Å²) in [6.07, 6.45) is 15.7. The fraction of sp³-hybridized carbons (Fsp3) is 0.552. The number of carbonyl (C=O) groups is 3. The van der Waals surface area contributed by atoms with Crippen LogP contribution in [0.3, 0.4) is 0 Å². The van der Waals surface area contributed by atoms with Gasteiger partial charge >= 0.3 is 0 Å². The monoisotopic (exact) mass is 497 g/mol. The van der Waals surface area contributed by atoms with E-state index >= 15 is 0 Å². The highest BCUT2D eigenvalue weighted by atomic mass is 16.3. The standard InChI is InChI=1S/C29H43N3O4/c1-3-5-7-8-9-13-27(34)31-26(22-23-14-17-25(33)18-15-23)29(36)30-24(12-6-4-2)16-19-28(35)32-20-10-11-21-32/h9,13-19,24,26,33H,3-8,10-12,20-22H2,1-2H3,(H,30,36)(H,31,34)/b13-9+,19-16+/t24-,26-/m0/s1. The highest BCUT2D eigenvalue weighted by Gasteiger charge is 2.23. The summed E-state index contributed by atoms with van der Waals surface area (Å²) in [5.41, 5.74) is 0.824. The summed E-state index contributed by atoms with van der Waals surface area (Å²) in [4.78, 5) is 40.2. The molecule has 1 aromatic rings. The minimum Gasteiger partial charge on any atom is -0.508 e. The Kier molecular flexibility index (Phi) is 13.4. The summed E-state index contributed by atoms with van der Waals surface area (Å²) in [7, 11) is 0. The van der Waals surface area contributed by atoms with Crippen molar-refractivity contribution < 1.29 is 19.5 Å². The van der Waals surface area contributed by atoms with Crippen LogP contribution in [0.2, 0.25) is 0 Å². The van der Waals surface area contributed by atoms with Gasteiger partial charge in [0, 0.05) is 31.6 Å². The van der Waals surface area contributed by atoms with E-state index in [-0.39, 0.29) is 29.5 Å². The Morgan fingerprint density at radius 2 is 1.67 bits per heavy atom. The summed E-state index contributed by atoms with van der Waals surface area (Å²) >= 11 is 0. The van der Waals surface area contributed by atoms with Gasteiger partial charge in [0.25, 0.3) is 0 Å². The maximum Gasteiger partial charge on any atom is 0.246 e. The summed E-state index contributed by atoms with van der Waals surface area (Å²) in [5.74, 6) is -0.484. The van der Waals surface area contributed by atoms with Gasteiger partial charge in [0.2, 0.25) is 17.7 Å². The Labute approximate surface area is 216 Å². The summed E-state index contributed by atoms with van der Waals surface area (Å²) in [6, 6.07) is 5.53. The summed E-state index contributed by atoms with van der Waals surface area (Å²) < 4.78 is 0. The van der Waals surface area contributed by atoms with Crippen molar-refractivity contribution in [1.29, 1.82) is 0 Å². The first-order valence-corrected chi connectivity index (χ1v) is 13.4. The van der Waals surface area contributed by atoms with E-state index < -0.39 is 6.04 Å². The number of rotatable bonds is 15. The topological polar surface area (TPSA) is 98.7 Å². The third-order valence-electron chi connectivity index (χ3n) is 6.34. The van der Waals surface area contributed by atoms with E-state index in [4.69, 9.17) is 0 Å². The number of benzene rings is 1. The Morgan fingerprint density at radius 1 is 0.972 bits per heavy atom. The number of amides is 3. The third kappa shape index (κ3) is 11.1. The number of aromatic hydroxyl groups is 1. The van der Waals surface area contributed by atoms with E-state index in [1.165, 1.54) is 6.08 Å². The molecule has 1 saturated heterocycles. The van der Waals surface area contributed by atoms with Crippen LogP contribution < -0.4 is 10.6 Å². The van der Waals surface area contributed by atoms with Crippen molar-refractivity contribution in [3.63, 3.8) is 0 Å². The first-order chi connectivity index (χ1) is 17.4. The van der Waals surface area contributed by atoms with Gasteiger partial charge in [0.1, 0.15) is 11.8 Å². The fourth-order valence-corrected chi connectivity index (χ4v) is 4.16. The smallest absolute Gasteiger partial charge is 0.246 e. The molecule has 0 bridgehead atoms. The molecule has 3 N–H and O–H groups in total. The summed E-state index contributed by atoms with van der Waals surface area (Å²) in [5, 5.41) is 15.5. The second kappa shape index (κ2) is 16.6. The van der Waals surface area contributed by atoms with E-state index in [1.54, 1.807) is 36.4 Å². The lowest BCUT2D eigenvalue weighted by Gasteiger charge is -2.22. The maximum absolute atomic E-state index is 13.3. The van der Waals surface area contributed by atoms with Crippen molar-refractivity contribution in [2.24, 2.45) is 0 Å². The average Bonchev–Trinajstić information content (AvgIpc) is 3.41. The number of allylic oxidation sites excluding steroid dienone is 1. The SMILES string of the molecule is CCCCC/C=C/C(=O)N[C@@H](Cc1ccc(O)cc1)C(=O)N[C@H](/C=C/C(=O)N1CCCC1)CCCC. The molecule has 1 fully saturated rings. The molecule has 0 saturated carbocycles. The minimum atomic E-state index is -0.783. The number of phenols is 1. The second-order valence-corrected chi connectivity index (χ2v) is 9.48. The molecule has 1 heterocycles. The zero-order chi connectivity index (χ0) is 26.2. The molecule has 3 amide bonds. The predicted octanol–water partition coefficient (Wildman–Crippen LogP) is 4.41. The van der Waals surface area contributed by atoms with Crippen LogP contribution in [0, 0.1) is 0 Å². The number of hydrogen-bond donors (Lipinski definition) is 3. The highest BCUT2D eigenvalue weighted by molar-refractivity contribution is 5.93. The normalized spacial score (nSPS) is 15.3. The highest BCUT2D eigenvalue weighted by Crippen LogP contribution is 2.13. The molecule has 0 radical (unpaired) electrons. The molecule has 7 heteroatoms. The lowest BCUT2D eigenvalue weighted by molar-refractivity contribution is -0.127. The molecule has 0 spiro atoms. The summed E-state index contributed by atoms with van der Waals surface area (Å²) in [6.45, 7) is 5.77. The van der Waals surface area contributed by atoms with Gasteiger partial charge in [-0.05, 0) is 55.9 Å². The van der Waals surface area contributed by atoms with Gasteiger partial charge in [-0.25, -0.2) is 0 Å². The number of likely N-dealkylation sites (tertiary alicyclic amines) is 1. The second-order valence-electron chi connectivity index (χ2n) is 9.48. The van der Waals surface area contributed by atoms with Crippen LogP contribution in [0.25, 0.3) is 0 Å². The number of nitrogens with one attached hydrogen (secondary N) is 2. The first-order valence-electron chi connectivity index (χ1n) is 13.4. The Morgan fingerprint density at radius 3 is 2.33 bits per heavy atom. The molecule has 36 heavy (non-hydrogen) atoms.